The summed E-state index contributed by atoms with van der Waals surface area (Å²) in [4.78, 5) is 16.2. The molecule has 1 fully saturated rings. The van der Waals surface area contributed by atoms with E-state index in [1.807, 2.05) is 16.7 Å². The maximum atomic E-state index is 11.5. The van der Waals surface area contributed by atoms with Gasteiger partial charge in [0.05, 0.1) is 17.3 Å². The lowest BCUT2D eigenvalue weighted by Gasteiger charge is -2.25. The second-order valence-corrected chi connectivity index (χ2v) is 6.63. The lowest BCUT2D eigenvalue weighted by molar-refractivity contribution is -0.121. The van der Waals surface area contributed by atoms with Crippen LogP contribution in [0, 0.1) is 5.92 Å². The van der Waals surface area contributed by atoms with Crippen molar-refractivity contribution < 1.29 is 9.53 Å². The number of carbonyl (C=O) groups is 1. The zero-order valence-corrected chi connectivity index (χ0v) is 13.9. The predicted octanol–water partition coefficient (Wildman–Crippen LogP) is 3.97. The van der Waals surface area contributed by atoms with Gasteiger partial charge < -0.3 is 9.14 Å². The van der Waals surface area contributed by atoms with Crippen molar-refractivity contribution in [1.82, 2.24) is 9.38 Å². The number of hydrogen-bond acceptors (Lipinski definition) is 3. The molecule has 0 spiro atoms. The summed E-state index contributed by atoms with van der Waals surface area (Å²) < 4.78 is 8.26. The van der Waals surface area contributed by atoms with Crippen LogP contribution in [0.3, 0.4) is 0 Å². The number of imidazole rings is 1. The summed E-state index contributed by atoms with van der Waals surface area (Å²) in [6.45, 7) is 1.71. The van der Waals surface area contributed by atoms with Gasteiger partial charge in [-0.25, -0.2) is 4.98 Å². The van der Waals surface area contributed by atoms with E-state index in [0.717, 1.165) is 47.2 Å². The first-order valence-electron chi connectivity index (χ1n) is 7.31. The van der Waals surface area contributed by atoms with Gasteiger partial charge in [-0.15, -0.1) is 0 Å². The molecule has 0 unspecified atom stereocenters. The molecule has 0 atom stereocenters. The van der Waals surface area contributed by atoms with E-state index in [1.54, 1.807) is 14.0 Å². The number of ketones is 1. The monoisotopic (exact) mass is 350 g/mol. The number of carbonyl (C=O) groups excluding carboxylic acids is 1. The first kappa shape index (κ1) is 14.6. The van der Waals surface area contributed by atoms with E-state index in [2.05, 4.69) is 22.1 Å². The molecule has 1 saturated carbocycles. The number of methoxy groups -OCH3 is 1. The third kappa shape index (κ3) is 2.84. The maximum Gasteiger partial charge on any atom is 0.140 e. The highest BCUT2D eigenvalue weighted by Gasteiger charge is 2.26. The molecule has 3 rings (SSSR count). The van der Waals surface area contributed by atoms with Gasteiger partial charge in [0.15, 0.2) is 0 Å². The van der Waals surface area contributed by atoms with E-state index in [9.17, 15) is 4.79 Å². The molecule has 0 radical (unpaired) electrons. The van der Waals surface area contributed by atoms with Crippen molar-refractivity contribution in [2.45, 2.75) is 38.5 Å². The third-order valence-corrected chi connectivity index (χ3v) is 5.06. The number of ether oxygens (including phenoxy) is 1. The van der Waals surface area contributed by atoms with Gasteiger partial charge in [0.1, 0.15) is 17.2 Å². The number of pyridine rings is 1. The smallest absolute Gasteiger partial charge is 0.140 e. The van der Waals surface area contributed by atoms with Gasteiger partial charge in [-0.05, 0) is 48.5 Å². The van der Waals surface area contributed by atoms with Crippen LogP contribution in [0.1, 0.15) is 44.2 Å². The Morgan fingerprint density at radius 3 is 2.67 bits per heavy atom. The molecule has 0 aromatic carbocycles. The molecule has 0 bridgehead atoms. The zero-order valence-electron chi connectivity index (χ0n) is 12.3. The molecule has 21 heavy (non-hydrogen) atoms. The Kier molecular flexibility index (Phi) is 4.02. The van der Waals surface area contributed by atoms with Crippen molar-refractivity contribution in [3.8, 4) is 5.75 Å². The largest absolute Gasteiger partial charge is 0.495 e. The fraction of sp³-hybridized carbons (Fsp3) is 0.500. The molecule has 2 aromatic heterocycles. The Morgan fingerprint density at radius 2 is 2.05 bits per heavy atom. The number of nitrogens with zero attached hydrogens (tertiary/aromatic N) is 2. The molecule has 5 heteroatoms. The second-order valence-electron chi connectivity index (χ2n) is 5.78. The average molecular weight is 351 g/mol. The summed E-state index contributed by atoms with van der Waals surface area (Å²) in [5.41, 5.74) is 2.02. The molecule has 2 aromatic rings. The SMILES string of the molecule is COc1cc2nc(C3CCC(C(C)=O)CC3)cn2cc1Br. The summed E-state index contributed by atoms with van der Waals surface area (Å²) in [6.07, 6.45) is 8.14. The van der Waals surface area contributed by atoms with Crippen molar-refractivity contribution in [2.75, 3.05) is 7.11 Å². The highest BCUT2D eigenvalue weighted by molar-refractivity contribution is 9.10. The highest BCUT2D eigenvalue weighted by Crippen LogP contribution is 2.36. The van der Waals surface area contributed by atoms with Crippen molar-refractivity contribution in [2.24, 2.45) is 5.92 Å². The minimum absolute atomic E-state index is 0.257. The lowest BCUT2D eigenvalue weighted by Crippen LogP contribution is -2.19. The molecule has 0 aliphatic heterocycles. The number of aromatic nitrogens is 2. The molecule has 1 aliphatic rings. The average Bonchev–Trinajstić information content (AvgIpc) is 2.89. The van der Waals surface area contributed by atoms with E-state index in [4.69, 9.17) is 9.72 Å². The van der Waals surface area contributed by atoms with E-state index in [0.29, 0.717) is 11.7 Å². The molecule has 0 N–H and O–H groups in total. The summed E-state index contributed by atoms with van der Waals surface area (Å²) in [5.74, 6) is 1.84. The summed E-state index contributed by atoms with van der Waals surface area (Å²) in [6, 6.07) is 1.94. The van der Waals surface area contributed by atoms with Gasteiger partial charge in [0.25, 0.3) is 0 Å². The Balaban J connectivity index is 1.83. The highest BCUT2D eigenvalue weighted by atomic mass is 79.9. The summed E-state index contributed by atoms with van der Waals surface area (Å²) in [5, 5.41) is 0. The van der Waals surface area contributed by atoms with Crippen LogP contribution in [-0.4, -0.2) is 22.3 Å². The predicted molar refractivity (Wildman–Crippen MR) is 84.8 cm³/mol. The van der Waals surface area contributed by atoms with Crippen LogP contribution < -0.4 is 4.74 Å². The fourth-order valence-corrected chi connectivity index (χ4v) is 3.66. The standard InChI is InChI=1S/C16H19BrN2O2/c1-10(20)11-3-5-12(6-4-11)14-9-19-8-13(17)15(21-2)7-16(19)18-14/h7-9,11-12H,3-6H2,1-2H3. The zero-order chi connectivity index (χ0) is 15.0. The van der Waals surface area contributed by atoms with E-state index in [1.165, 1.54) is 0 Å². The molecule has 1 aliphatic carbocycles. The van der Waals surface area contributed by atoms with Crippen LogP contribution in [0.15, 0.2) is 22.9 Å². The first-order valence-corrected chi connectivity index (χ1v) is 8.10. The topological polar surface area (TPSA) is 43.6 Å². The van der Waals surface area contributed by atoms with Crippen molar-refractivity contribution >= 4 is 27.4 Å². The quantitative estimate of drug-likeness (QED) is 0.841. The molecule has 0 saturated heterocycles. The van der Waals surface area contributed by atoms with E-state index >= 15 is 0 Å². The van der Waals surface area contributed by atoms with Crippen molar-refractivity contribution in [3.63, 3.8) is 0 Å². The van der Waals surface area contributed by atoms with Crippen LogP contribution in [0.2, 0.25) is 0 Å². The van der Waals surface area contributed by atoms with Gasteiger partial charge in [-0.2, -0.15) is 0 Å². The first-order chi connectivity index (χ1) is 10.1. The fourth-order valence-electron chi connectivity index (χ4n) is 3.16. The maximum absolute atomic E-state index is 11.5. The van der Waals surface area contributed by atoms with Crippen molar-refractivity contribution in [1.29, 1.82) is 0 Å². The van der Waals surface area contributed by atoms with Gasteiger partial charge in [0, 0.05) is 30.3 Å². The Hall–Kier alpha value is -1.36. The van der Waals surface area contributed by atoms with Gasteiger partial charge in [-0.3, -0.25) is 4.79 Å². The molecular formula is C16H19BrN2O2. The third-order valence-electron chi connectivity index (χ3n) is 4.47. The normalized spacial score (nSPS) is 22.4. The minimum atomic E-state index is 0.257. The number of rotatable bonds is 3. The van der Waals surface area contributed by atoms with Crippen LogP contribution in [0.5, 0.6) is 5.75 Å². The summed E-state index contributed by atoms with van der Waals surface area (Å²) in [7, 11) is 1.66. The number of halogens is 1. The molecule has 4 nitrogen and oxygen atoms in total. The Labute approximate surface area is 132 Å². The van der Waals surface area contributed by atoms with Crippen LogP contribution in [-0.2, 0) is 4.79 Å². The van der Waals surface area contributed by atoms with Gasteiger partial charge in [-0.1, -0.05) is 0 Å². The number of hydrogen-bond donors (Lipinski definition) is 0. The van der Waals surface area contributed by atoms with Crippen LogP contribution >= 0.6 is 15.9 Å². The summed E-state index contributed by atoms with van der Waals surface area (Å²) >= 11 is 3.50. The van der Waals surface area contributed by atoms with Crippen LogP contribution in [0.25, 0.3) is 5.65 Å². The van der Waals surface area contributed by atoms with Crippen LogP contribution in [0.4, 0.5) is 0 Å². The van der Waals surface area contributed by atoms with Gasteiger partial charge in [0.2, 0.25) is 0 Å². The molecular weight excluding hydrogens is 332 g/mol. The Morgan fingerprint density at radius 1 is 1.33 bits per heavy atom. The van der Waals surface area contributed by atoms with E-state index < -0.39 is 0 Å². The number of fused-ring (bicyclic) bond motifs is 1. The Bertz CT molecular complexity index is 672. The number of Topliss-reactive ketones (excluding diaryl/α,β-unsaturated/α-hetero) is 1. The minimum Gasteiger partial charge on any atom is -0.495 e. The molecule has 0 amide bonds. The van der Waals surface area contributed by atoms with Crippen molar-refractivity contribution in [3.05, 3.63) is 28.6 Å². The molecule has 2 heterocycles. The molecule has 112 valence electrons. The van der Waals surface area contributed by atoms with Gasteiger partial charge >= 0.3 is 0 Å². The van der Waals surface area contributed by atoms with E-state index in [-0.39, 0.29) is 5.92 Å². The second kappa shape index (κ2) is 5.79. The lowest BCUT2D eigenvalue weighted by atomic mass is 9.79.